The van der Waals surface area contributed by atoms with Crippen molar-refractivity contribution in [2.24, 2.45) is 5.92 Å². The Bertz CT molecular complexity index is 239. The van der Waals surface area contributed by atoms with Crippen molar-refractivity contribution in [2.75, 3.05) is 19.7 Å². The van der Waals surface area contributed by atoms with E-state index >= 15 is 0 Å². The lowest BCUT2D eigenvalue weighted by Crippen LogP contribution is -2.43. The molecule has 0 aliphatic carbocycles. The molecule has 2 aliphatic heterocycles. The topological polar surface area (TPSA) is 50.4 Å². The highest BCUT2D eigenvalue weighted by Crippen LogP contribution is 2.16. The molecule has 0 aromatic carbocycles. The average Bonchev–Trinajstić information content (AvgIpc) is 2.88. The second-order valence-corrected chi connectivity index (χ2v) is 4.91. The zero-order valence-electron chi connectivity index (χ0n) is 10.00. The first-order chi connectivity index (χ1) is 7.77. The van der Waals surface area contributed by atoms with Crippen molar-refractivity contribution in [3.63, 3.8) is 0 Å². The molecule has 0 aromatic heterocycles. The first-order valence-corrected chi connectivity index (χ1v) is 6.40. The van der Waals surface area contributed by atoms with E-state index < -0.39 is 0 Å². The first kappa shape index (κ1) is 11.9. The molecule has 92 valence electrons. The van der Waals surface area contributed by atoms with Crippen molar-refractivity contribution in [1.29, 1.82) is 0 Å². The van der Waals surface area contributed by atoms with Crippen molar-refractivity contribution in [2.45, 2.75) is 44.8 Å². The van der Waals surface area contributed by atoms with E-state index in [0.29, 0.717) is 12.0 Å². The summed E-state index contributed by atoms with van der Waals surface area (Å²) in [7, 11) is 0. The number of nitrogens with one attached hydrogen (secondary N) is 2. The minimum absolute atomic E-state index is 0.0181. The molecule has 2 saturated heterocycles. The van der Waals surface area contributed by atoms with Gasteiger partial charge in [-0.2, -0.15) is 0 Å². The van der Waals surface area contributed by atoms with Gasteiger partial charge in [-0.1, -0.05) is 6.92 Å². The van der Waals surface area contributed by atoms with Crippen LogP contribution in [-0.2, 0) is 9.53 Å². The molecule has 0 radical (unpaired) electrons. The Morgan fingerprint density at radius 2 is 2.38 bits per heavy atom. The number of carbonyl (C=O) groups excluding carboxylic acids is 1. The van der Waals surface area contributed by atoms with E-state index in [1.807, 2.05) is 0 Å². The molecule has 3 atom stereocenters. The van der Waals surface area contributed by atoms with Gasteiger partial charge in [-0.05, 0) is 38.1 Å². The number of hydrogen-bond donors (Lipinski definition) is 2. The molecule has 16 heavy (non-hydrogen) atoms. The number of amides is 1. The van der Waals surface area contributed by atoms with Crippen LogP contribution in [0.3, 0.4) is 0 Å². The van der Waals surface area contributed by atoms with Crippen molar-refractivity contribution in [3.8, 4) is 0 Å². The van der Waals surface area contributed by atoms with Gasteiger partial charge in [-0.3, -0.25) is 4.79 Å². The predicted molar refractivity (Wildman–Crippen MR) is 62.2 cm³/mol. The van der Waals surface area contributed by atoms with Crippen LogP contribution in [0, 0.1) is 5.92 Å². The lowest BCUT2D eigenvalue weighted by atomic mass is 10.0. The third-order valence-electron chi connectivity index (χ3n) is 3.60. The lowest BCUT2D eigenvalue weighted by molar-refractivity contribution is -0.123. The van der Waals surface area contributed by atoms with Crippen LogP contribution >= 0.6 is 0 Å². The maximum absolute atomic E-state index is 11.8. The van der Waals surface area contributed by atoms with Crippen molar-refractivity contribution in [3.05, 3.63) is 0 Å². The highest BCUT2D eigenvalue weighted by atomic mass is 16.5. The van der Waals surface area contributed by atoms with E-state index in [4.69, 9.17) is 4.74 Å². The second kappa shape index (κ2) is 5.64. The first-order valence-electron chi connectivity index (χ1n) is 6.40. The second-order valence-electron chi connectivity index (χ2n) is 4.91. The molecule has 0 saturated carbocycles. The summed E-state index contributed by atoms with van der Waals surface area (Å²) in [6.45, 7) is 4.73. The standard InChI is InChI=1S/C12H22N2O2/c1-9-4-6-13-11(9)12(15)14-7-5-10-3-2-8-16-10/h9-11,13H,2-8H2,1H3,(H,14,15). The Hall–Kier alpha value is -0.610. The summed E-state index contributed by atoms with van der Waals surface area (Å²) in [6, 6.07) is 0.0181. The molecule has 2 fully saturated rings. The van der Waals surface area contributed by atoms with E-state index in [2.05, 4.69) is 17.6 Å². The molecule has 2 N–H and O–H groups in total. The predicted octanol–water partition coefficient (Wildman–Crippen LogP) is 0.670. The molecule has 2 heterocycles. The van der Waals surface area contributed by atoms with Crippen LogP contribution in [0.5, 0.6) is 0 Å². The summed E-state index contributed by atoms with van der Waals surface area (Å²) in [6.07, 6.45) is 4.74. The summed E-state index contributed by atoms with van der Waals surface area (Å²) >= 11 is 0. The van der Waals surface area contributed by atoms with Gasteiger partial charge in [0.05, 0.1) is 12.1 Å². The quantitative estimate of drug-likeness (QED) is 0.741. The SMILES string of the molecule is CC1CCNC1C(=O)NCCC1CCCO1. The number of ether oxygens (including phenoxy) is 1. The molecule has 0 spiro atoms. The summed E-state index contributed by atoms with van der Waals surface area (Å²) in [5, 5.41) is 6.24. The molecular formula is C12H22N2O2. The maximum Gasteiger partial charge on any atom is 0.237 e. The van der Waals surface area contributed by atoms with Gasteiger partial charge in [-0.15, -0.1) is 0 Å². The van der Waals surface area contributed by atoms with E-state index in [1.54, 1.807) is 0 Å². The molecule has 2 aliphatic rings. The Kier molecular flexibility index (Phi) is 4.18. The van der Waals surface area contributed by atoms with Gasteiger partial charge < -0.3 is 15.4 Å². The van der Waals surface area contributed by atoms with E-state index in [-0.39, 0.29) is 11.9 Å². The van der Waals surface area contributed by atoms with Crippen molar-refractivity contribution < 1.29 is 9.53 Å². The average molecular weight is 226 g/mol. The third-order valence-corrected chi connectivity index (χ3v) is 3.60. The zero-order chi connectivity index (χ0) is 11.4. The van der Waals surface area contributed by atoms with Crippen molar-refractivity contribution >= 4 is 5.91 Å². The van der Waals surface area contributed by atoms with E-state index in [9.17, 15) is 4.79 Å². The zero-order valence-corrected chi connectivity index (χ0v) is 10.00. The highest BCUT2D eigenvalue weighted by Gasteiger charge is 2.28. The molecule has 2 rings (SSSR count). The normalized spacial score (nSPS) is 34.2. The Morgan fingerprint density at radius 3 is 3.00 bits per heavy atom. The smallest absolute Gasteiger partial charge is 0.237 e. The summed E-state index contributed by atoms with van der Waals surface area (Å²) in [5.41, 5.74) is 0. The molecule has 3 unspecified atom stereocenters. The largest absolute Gasteiger partial charge is 0.378 e. The number of carbonyl (C=O) groups is 1. The lowest BCUT2D eigenvalue weighted by Gasteiger charge is -2.16. The number of rotatable bonds is 4. The molecule has 0 bridgehead atoms. The third kappa shape index (κ3) is 2.95. The fourth-order valence-corrected chi connectivity index (χ4v) is 2.52. The van der Waals surface area contributed by atoms with Gasteiger partial charge in [0.15, 0.2) is 0 Å². The highest BCUT2D eigenvalue weighted by molar-refractivity contribution is 5.82. The van der Waals surface area contributed by atoms with Crippen LogP contribution in [0.1, 0.15) is 32.6 Å². The van der Waals surface area contributed by atoms with Crippen LogP contribution in [0.4, 0.5) is 0 Å². The van der Waals surface area contributed by atoms with Gasteiger partial charge in [-0.25, -0.2) is 0 Å². The van der Waals surface area contributed by atoms with Gasteiger partial charge in [0, 0.05) is 13.2 Å². The molecule has 4 nitrogen and oxygen atoms in total. The fourth-order valence-electron chi connectivity index (χ4n) is 2.52. The summed E-state index contributed by atoms with van der Waals surface area (Å²) in [5.74, 6) is 0.616. The monoisotopic (exact) mass is 226 g/mol. The number of hydrogen-bond acceptors (Lipinski definition) is 3. The Labute approximate surface area is 97.1 Å². The van der Waals surface area contributed by atoms with E-state index in [0.717, 1.165) is 39.0 Å². The molecule has 1 amide bonds. The maximum atomic E-state index is 11.8. The van der Waals surface area contributed by atoms with Crippen LogP contribution in [-0.4, -0.2) is 37.7 Å². The van der Waals surface area contributed by atoms with Gasteiger partial charge in [0.2, 0.25) is 5.91 Å². The molecule has 4 heteroatoms. The minimum atomic E-state index is 0.0181. The molecule has 0 aromatic rings. The Balaban J connectivity index is 1.63. The Morgan fingerprint density at radius 1 is 1.50 bits per heavy atom. The summed E-state index contributed by atoms with van der Waals surface area (Å²) < 4.78 is 5.51. The van der Waals surface area contributed by atoms with Crippen LogP contribution in [0.25, 0.3) is 0 Å². The van der Waals surface area contributed by atoms with Crippen LogP contribution in [0.2, 0.25) is 0 Å². The molecular weight excluding hydrogens is 204 g/mol. The minimum Gasteiger partial charge on any atom is -0.378 e. The fraction of sp³-hybridized carbons (Fsp3) is 0.917. The van der Waals surface area contributed by atoms with Crippen molar-refractivity contribution in [1.82, 2.24) is 10.6 Å². The summed E-state index contributed by atoms with van der Waals surface area (Å²) in [4.78, 5) is 11.8. The van der Waals surface area contributed by atoms with Gasteiger partial charge in [0.25, 0.3) is 0 Å². The van der Waals surface area contributed by atoms with Gasteiger partial charge in [0.1, 0.15) is 0 Å². The van der Waals surface area contributed by atoms with Crippen LogP contribution < -0.4 is 10.6 Å². The van der Waals surface area contributed by atoms with Crippen LogP contribution in [0.15, 0.2) is 0 Å². The van der Waals surface area contributed by atoms with Gasteiger partial charge >= 0.3 is 0 Å². The van der Waals surface area contributed by atoms with E-state index in [1.165, 1.54) is 6.42 Å².